The minimum absolute atomic E-state index is 0.799. The second-order valence-corrected chi connectivity index (χ2v) is 6.88. The smallest absolute Gasteiger partial charge is 0.0619 e. The number of aromatic nitrogens is 1. The zero-order valence-electron chi connectivity index (χ0n) is 14.1. The van der Waals surface area contributed by atoms with Gasteiger partial charge in [-0.2, -0.15) is 0 Å². The SMILES string of the molecule is Nc1ccc2c(c1)c1cccc3c1n2-c1ccccc1-c1ccccc1-3. The van der Waals surface area contributed by atoms with E-state index in [9.17, 15) is 0 Å². The van der Waals surface area contributed by atoms with Crippen LogP contribution in [0.4, 0.5) is 5.69 Å². The molecule has 0 saturated heterocycles. The van der Waals surface area contributed by atoms with Gasteiger partial charge in [-0.25, -0.2) is 0 Å². The lowest BCUT2D eigenvalue weighted by atomic mass is 9.94. The molecule has 5 aromatic rings. The van der Waals surface area contributed by atoms with Gasteiger partial charge in [-0.15, -0.1) is 0 Å². The number of nitrogen functional groups attached to an aromatic ring is 1. The fourth-order valence-electron chi connectivity index (χ4n) is 4.40. The summed E-state index contributed by atoms with van der Waals surface area (Å²) in [4.78, 5) is 0. The molecule has 0 bridgehead atoms. The van der Waals surface area contributed by atoms with Gasteiger partial charge in [-0.05, 0) is 35.4 Å². The van der Waals surface area contributed by atoms with Crippen molar-refractivity contribution in [3.8, 4) is 27.9 Å². The molecule has 2 heterocycles. The van der Waals surface area contributed by atoms with Crippen LogP contribution in [0.2, 0.25) is 0 Å². The molecule has 1 aliphatic rings. The topological polar surface area (TPSA) is 30.9 Å². The molecule has 1 aromatic heterocycles. The van der Waals surface area contributed by atoms with Crippen molar-refractivity contribution in [2.75, 3.05) is 5.73 Å². The highest BCUT2D eigenvalue weighted by Gasteiger charge is 2.23. The Hall–Kier alpha value is -3.52. The molecule has 122 valence electrons. The maximum absolute atomic E-state index is 6.11. The van der Waals surface area contributed by atoms with Gasteiger partial charge in [0.15, 0.2) is 0 Å². The number of nitrogens with zero attached hydrogens (tertiary/aromatic N) is 1. The number of rotatable bonds is 0. The number of benzene rings is 4. The number of fused-ring (bicyclic) bond motifs is 8. The monoisotopic (exact) mass is 332 g/mol. The lowest BCUT2D eigenvalue weighted by Crippen LogP contribution is -1.95. The lowest BCUT2D eigenvalue weighted by Gasteiger charge is -2.12. The second-order valence-electron chi connectivity index (χ2n) is 6.88. The van der Waals surface area contributed by atoms with Gasteiger partial charge in [-0.3, -0.25) is 0 Å². The van der Waals surface area contributed by atoms with Crippen molar-refractivity contribution in [2.24, 2.45) is 0 Å². The van der Waals surface area contributed by atoms with Crippen molar-refractivity contribution in [3.05, 3.63) is 84.9 Å². The third kappa shape index (κ3) is 1.61. The highest BCUT2D eigenvalue weighted by molar-refractivity contribution is 6.16. The summed E-state index contributed by atoms with van der Waals surface area (Å²) in [5.41, 5.74) is 15.7. The largest absolute Gasteiger partial charge is 0.399 e. The van der Waals surface area contributed by atoms with Crippen molar-refractivity contribution in [1.82, 2.24) is 4.57 Å². The highest BCUT2D eigenvalue weighted by atomic mass is 15.0. The van der Waals surface area contributed by atoms with Crippen LogP contribution in [0, 0.1) is 0 Å². The van der Waals surface area contributed by atoms with E-state index < -0.39 is 0 Å². The van der Waals surface area contributed by atoms with Gasteiger partial charge >= 0.3 is 0 Å². The predicted molar refractivity (Wildman–Crippen MR) is 110 cm³/mol. The number of hydrogen-bond acceptors (Lipinski definition) is 1. The van der Waals surface area contributed by atoms with Crippen molar-refractivity contribution in [1.29, 1.82) is 0 Å². The van der Waals surface area contributed by atoms with E-state index >= 15 is 0 Å². The van der Waals surface area contributed by atoms with E-state index in [2.05, 4.69) is 83.4 Å². The average molecular weight is 332 g/mol. The zero-order valence-corrected chi connectivity index (χ0v) is 14.1. The summed E-state index contributed by atoms with van der Waals surface area (Å²) < 4.78 is 2.40. The molecule has 0 amide bonds. The van der Waals surface area contributed by atoms with Crippen molar-refractivity contribution < 1.29 is 0 Å². The Balaban J connectivity index is 1.97. The normalized spacial score (nSPS) is 12.0. The maximum atomic E-state index is 6.11. The molecular formula is C24H16N2. The number of hydrogen-bond donors (Lipinski definition) is 1. The molecule has 4 aromatic carbocycles. The molecule has 2 nitrogen and oxygen atoms in total. The Morgan fingerprint density at radius 3 is 2.12 bits per heavy atom. The van der Waals surface area contributed by atoms with Gasteiger partial charge in [0.2, 0.25) is 0 Å². The van der Waals surface area contributed by atoms with Crippen LogP contribution in [-0.4, -0.2) is 4.57 Å². The van der Waals surface area contributed by atoms with Gasteiger partial charge in [0.25, 0.3) is 0 Å². The second kappa shape index (κ2) is 4.77. The highest BCUT2D eigenvalue weighted by Crippen LogP contribution is 2.46. The van der Waals surface area contributed by atoms with Crippen LogP contribution in [0.3, 0.4) is 0 Å². The van der Waals surface area contributed by atoms with E-state index in [1.807, 2.05) is 6.07 Å². The van der Waals surface area contributed by atoms with Gasteiger partial charge in [0.05, 0.1) is 16.7 Å². The van der Waals surface area contributed by atoms with E-state index in [-0.39, 0.29) is 0 Å². The standard InChI is InChI=1S/C24H16N2/c25-15-12-13-23-21(14-15)20-10-5-9-19-17-7-2-1-6-16(17)18-8-3-4-11-22(18)26(23)24(19)20/h1-14H,25H2. The first-order chi connectivity index (χ1) is 12.8. The average Bonchev–Trinajstić information content (AvgIpc) is 2.95. The van der Waals surface area contributed by atoms with E-state index in [4.69, 9.17) is 5.73 Å². The molecule has 26 heavy (non-hydrogen) atoms. The summed E-state index contributed by atoms with van der Waals surface area (Å²) in [6.45, 7) is 0. The number of para-hydroxylation sites is 2. The lowest BCUT2D eigenvalue weighted by molar-refractivity contribution is 1.19. The van der Waals surface area contributed by atoms with E-state index in [1.165, 1.54) is 49.7 Å². The van der Waals surface area contributed by atoms with Crippen molar-refractivity contribution in [2.45, 2.75) is 0 Å². The van der Waals surface area contributed by atoms with Crippen LogP contribution in [0.25, 0.3) is 49.7 Å². The third-order valence-corrected chi connectivity index (χ3v) is 5.46. The molecule has 0 radical (unpaired) electrons. The molecule has 0 atom stereocenters. The van der Waals surface area contributed by atoms with Gasteiger partial charge < -0.3 is 10.3 Å². The molecule has 0 unspecified atom stereocenters. The van der Waals surface area contributed by atoms with Crippen LogP contribution in [0.5, 0.6) is 0 Å². The van der Waals surface area contributed by atoms with Gasteiger partial charge in [0, 0.05) is 27.6 Å². The molecule has 2 heteroatoms. The third-order valence-electron chi connectivity index (χ3n) is 5.46. The molecule has 2 N–H and O–H groups in total. The van der Waals surface area contributed by atoms with E-state index in [0.717, 1.165) is 5.69 Å². The quantitative estimate of drug-likeness (QED) is 0.339. The van der Waals surface area contributed by atoms with Crippen LogP contribution in [0.1, 0.15) is 0 Å². The van der Waals surface area contributed by atoms with Crippen LogP contribution in [-0.2, 0) is 0 Å². The molecular weight excluding hydrogens is 316 g/mol. The van der Waals surface area contributed by atoms with Crippen LogP contribution < -0.4 is 5.73 Å². The van der Waals surface area contributed by atoms with Gasteiger partial charge in [0.1, 0.15) is 0 Å². The zero-order chi connectivity index (χ0) is 17.3. The predicted octanol–water partition coefficient (Wildman–Crippen LogP) is 6.01. The molecule has 0 fully saturated rings. The van der Waals surface area contributed by atoms with Crippen molar-refractivity contribution in [3.63, 3.8) is 0 Å². The minimum Gasteiger partial charge on any atom is -0.399 e. The molecule has 0 aliphatic carbocycles. The Kier molecular flexibility index (Phi) is 2.52. The molecule has 0 spiro atoms. The summed E-state index contributed by atoms with van der Waals surface area (Å²) in [5, 5.41) is 2.45. The molecule has 0 saturated carbocycles. The Bertz CT molecular complexity index is 1340. The van der Waals surface area contributed by atoms with Gasteiger partial charge in [-0.1, -0.05) is 60.7 Å². The minimum atomic E-state index is 0.799. The Labute approximate surface area is 151 Å². The Morgan fingerprint density at radius 1 is 0.577 bits per heavy atom. The summed E-state index contributed by atoms with van der Waals surface area (Å²) in [5.74, 6) is 0. The van der Waals surface area contributed by atoms with E-state index in [0.29, 0.717) is 0 Å². The molecule has 1 aliphatic heterocycles. The Morgan fingerprint density at radius 2 is 1.27 bits per heavy atom. The molecule has 6 rings (SSSR count). The first kappa shape index (κ1) is 13.7. The van der Waals surface area contributed by atoms with Crippen LogP contribution >= 0.6 is 0 Å². The fraction of sp³-hybridized carbons (Fsp3) is 0. The summed E-state index contributed by atoms with van der Waals surface area (Å²) in [6.07, 6.45) is 0. The van der Waals surface area contributed by atoms with Crippen molar-refractivity contribution >= 4 is 27.5 Å². The van der Waals surface area contributed by atoms with E-state index in [1.54, 1.807) is 0 Å². The first-order valence-corrected chi connectivity index (χ1v) is 8.85. The summed E-state index contributed by atoms with van der Waals surface area (Å²) >= 11 is 0. The number of nitrogens with two attached hydrogens (primary N) is 1. The fourth-order valence-corrected chi connectivity index (χ4v) is 4.40. The first-order valence-electron chi connectivity index (χ1n) is 8.85. The maximum Gasteiger partial charge on any atom is 0.0619 e. The summed E-state index contributed by atoms with van der Waals surface area (Å²) in [6, 6.07) is 30.2. The summed E-state index contributed by atoms with van der Waals surface area (Å²) in [7, 11) is 0. The van der Waals surface area contributed by atoms with Crippen LogP contribution in [0.15, 0.2) is 84.9 Å². The number of anilines is 1.